The highest BCUT2D eigenvalue weighted by molar-refractivity contribution is 5.79. The zero-order chi connectivity index (χ0) is 7.44. The van der Waals surface area contributed by atoms with Crippen LogP contribution in [0.4, 0.5) is 0 Å². The fraction of sp³-hybridized carbons (Fsp3) is 0.500. The van der Waals surface area contributed by atoms with E-state index in [0.29, 0.717) is 0 Å². The average molecular weight is 160 g/mol. The van der Waals surface area contributed by atoms with E-state index in [1.807, 2.05) is 0 Å². The molecule has 0 aromatic heterocycles. The maximum atomic E-state index is 9.72. The molecule has 0 rings (SSSR count). The van der Waals surface area contributed by atoms with Crippen LogP contribution < -0.4 is 0 Å². The molecule has 0 aromatic rings. The van der Waals surface area contributed by atoms with Gasteiger partial charge < -0.3 is 15.3 Å². The third kappa shape index (κ3) is 5.80. The van der Waals surface area contributed by atoms with E-state index in [1.165, 1.54) is 0 Å². The van der Waals surface area contributed by atoms with Gasteiger partial charge in [-0.05, 0) is 0 Å². The molecular weight excluding hydrogens is 152 g/mol. The van der Waals surface area contributed by atoms with E-state index in [0.717, 1.165) is 0 Å². The van der Waals surface area contributed by atoms with E-state index in [2.05, 4.69) is 0 Å². The van der Waals surface area contributed by atoms with Crippen LogP contribution in [-0.4, -0.2) is 56.4 Å². The molecule has 0 aromatic carbocycles. The van der Waals surface area contributed by atoms with Crippen molar-refractivity contribution >= 4 is 35.0 Å². The minimum Gasteiger partial charge on any atom is -0.481 e. The summed E-state index contributed by atoms with van der Waals surface area (Å²) in [4.78, 5) is 19.4. The SMILES string of the molecule is O=C(O)CC(O)C(=O)O.[MgH2]. The van der Waals surface area contributed by atoms with Crippen molar-refractivity contribution in [3.05, 3.63) is 0 Å². The first-order chi connectivity index (χ1) is 4.04. The van der Waals surface area contributed by atoms with Gasteiger partial charge in [0.1, 0.15) is 0 Å². The Morgan fingerprint density at radius 3 is 1.80 bits per heavy atom. The zero-order valence-corrected chi connectivity index (χ0v) is 4.44. The van der Waals surface area contributed by atoms with Gasteiger partial charge in [-0.1, -0.05) is 0 Å². The van der Waals surface area contributed by atoms with Gasteiger partial charge in [0.05, 0.1) is 6.42 Å². The summed E-state index contributed by atoms with van der Waals surface area (Å²) in [6, 6.07) is 0. The first kappa shape index (κ1) is 12.4. The molecule has 3 N–H and O–H groups in total. The van der Waals surface area contributed by atoms with E-state index < -0.39 is 24.5 Å². The Hall–Kier alpha value is -0.334. The maximum absolute atomic E-state index is 9.72. The summed E-state index contributed by atoms with van der Waals surface area (Å²) in [5.41, 5.74) is 0. The highest BCUT2D eigenvalue weighted by Crippen LogP contribution is 1.89. The number of rotatable bonds is 3. The van der Waals surface area contributed by atoms with E-state index in [-0.39, 0.29) is 23.1 Å². The van der Waals surface area contributed by atoms with Gasteiger partial charge in [-0.15, -0.1) is 0 Å². The second kappa shape index (κ2) is 5.45. The van der Waals surface area contributed by atoms with Crippen molar-refractivity contribution in [2.45, 2.75) is 12.5 Å². The van der Waals surface area contributed by atoms with Crippen molar-refractivity contribution in [2.75, 3.05) is 0 Å². The molecule has 1 atom stereocenters. The van der Waals surface area contributed by atoms with Crippen molar-refractivity contribution in [3.8, 4) is 0 Å². The number of hydrogen-bond acceptors (Lipinski definition) is 3. The summed E-state index contributed by atoms with van der Waals surface area (Å²) in [6.45, 7) is 0. The standard InChI is InChI=1S/C4H6O5.Mg.2H/c5-2(4(8)9)1-3(6)7;;;/h2,5H,1H2,(H,6,7)(H,8,9);;;. The summed E-state index contributed by atoms with van der Waals surface area (Å²) in [6.07, 6.45) is -2.54. The summed E-state index contributed by atoms with van der Waals surface area (Å²) >= 11 is 0. The molecule has 6 heteroatoms. The minimum absolute atomic E-state index is 0. The fourth-order valence-corrected chi connectivity index (χ4v) is 0.253. The Morgan fingerprint density at radius 1 is 1.30 bits per heavy atom. The zero-order valence-electron chi connectivity index (χ0n) is 4.44. The summed E-state index contributed by atoms with van der Waals surface area (Å²) in [5.74, 6) is -2.85. The normalized spacial score (nSPS) is 11.3. The third-order valence-corrected chi connectivity index (χ3v) is 0.653. The fourth-order valence-electron chi connectivity index (χ4n) is 0.253. The number of carbonyl (C=O) groups is 2. The lowest BCUT2D eigenvalue weighted by Crippen LogP contribution is -2.22. The molecule has 10 heavy (non-hydrogen) atoms. The molecule has 0 aliphatic carbocycles. The molecule has 0 saturated heterocycles. The van der Waals surface area contributed by atoms with Crippen molar-refractivity contribution < 1.29 is 24.9 Å². The molecule has 0 aliphatic rings. The number of aliphatic hydroxyl groups is 1. The lowest BCUT2D eigenvalue weighted by Gasteiger charge is -1.97. The van der Waals surface area contributed by atoms with Gasteiger partial charge in [0.15, 0.2) is 6.10 Å². The highest BCUT2D eigenvalue weighted by Gasteiger charge is 2.16. The quantitative estimate of drug-likeness (QED) is 0.415. The van der Waals surface area contributed by atoms with Gasteiger partial charge >= 0.3 is 35.0 Å². The molecule has 0 fully saturated rings. The van der Waals surface area contributed by atoms with Gasteiger partial charge in [0.2, 0.25) is 0 Å². The molecule has 56 valence electrons. The molecule has 0 amide bonds. The van der Waals surface area contributed by atoms with Gasteiger partial charge in [-0.25, -0.2) is 4.79 Å². The van der Waals surface area contributed by atoms with Crippen molar-refractivity contribution in [3.63, 3.8) is 0 Å². The number of hydrogen-bond donors (Lipinski definition) is 3. The predicted molar refractivity (Wildman–Crippen MR) is 34.4 cm³/mol. The first-order valence-electron chi connectivity index (χ1n) is 2.16. The third-order valence-electron chi connectivity index (χ3n) is 0.653. The van der Waals surface area contributed by atoms with Crippen molar-refractivity contribution in [1.29, 1.82) is 0 Å². The molecule has 0 spiro atoms. The number of aliphatic hydroxyl groups excluding tert-OH is 1. The second-order valence-electron chi connectivity index (χ2n) is 1.45. The van der Waals surface area contributed by atoms with Gasteiger partial charge in [-0.2, -0.15) is 0 Å². The van der Waals surface area contributed by atoms with Crippen LogP contribution in [0, 0.1) is 0 Å². The molecule has 0 bridgehead atoms. The van der Waals surface area contributed by atoms with Crippen LogP contribution in [0.25, 0.3) is 0 Å². The Kier molecular flexibility index (Phi) is 6.73. The molecule has 1 unspecified atom stereocenters. The van der Waals surface area contributed by atoms with Crippen LogP contribution in [0.3, 0.4) is 0 Å². The first-order valence-corrected chi connectivity index (χ1v) is 2.16. The van der Waals surface area contributed by atoms with Gasteiger partial charge in [0, 0.05) is 0 Å². The van der Waals surface area contributed by atoms with Gasteiger partial charge in [-0.3, -0.25) is 4.79 Å². The van der Waals surface area contributed by atoms with Crippen molar-refractivity contribution in [2.24, 2.45) is 0 Å². The topological polar surface area (TPSA) is 94.8 Å². The summed E-state index contributed by atoms with van der Waals surface area (Å²) in [5, 5.41) is 24.1. The van der Waals surface area contributed by atoms with Crippen LogP contribution in [0.15, 0.2) is 0 Å². The average Bonchev–Trinajstić information content (AvgIpc) is 1.63. The number of aliphatic carboxylic acids is 2. The van der Waals surface area contributed by atoms with Crippen LogP contribution in [-0.2, 0) is 9.59 Å². The number of carboxylic acids is 2. The highest BCUT2D eigenvalue weighted by atomic mass is 24.3. The summed E-state index contributed by atoms with van der Waals surface area (Å²) < 4.78 is 0. The smallest absolute Gasteiger partial charge is 0.333 e. The van der Waals surface area contributed by atoms with E-state index in [9.17, 15) is 9.59 Å². The molecule has 0 radical (unpaired) electrons. The Balaban J connectivity index is 0. The Labute approximate surface area is 72.8 Å². The van der Waals surface area contributed by atoms with Crippen LogP contribution in [0.2, 0.25) is 0 Å². The Bertz CT molecular complexity index is 134. The molecular formula is C4H8MgO5. The molecule has 0 heterocycles. The second-order valence-corrected chi connectivity index (χ2v) is 1.45. The minimum atomic E-state index is -1.79. The van der Waals surface area contributed by atoms with Gasteiger partial charge in [0.25, 0.3) is 0 Å². The van der Waals surface area contributed by atoms with E-state index in [1.54, 1.807) is 0 Å². The Morgan fingerprint density at radius 2 is 1.70 bits per heavy atom. The maximum Gasteiger partial charge on any atom is 0.333 e. The van der Waals surface area contributed by atoms with E-state index in [4.69, 9.17) is 15.3 Å². The summed E-state index contributed by atoms with van der Waals surface area (Å²) in [7, 11) is 0. The molecule has 5 nitrogen and oxygen atoms in total. The molecule has 0 aliphatic heterocycles. The van der Waals surface area contributed by atoms with Crippen LogP contribution >= 0.6 is 0 Å². The van der Waals surface area contributed by atoms with Crippen LogP contribution in [0.5, 0.6) is 0 Å². The lowest BCUT2D eigenvalue weighted by molar-refractivity contribution is -0.152. The largest absolute Gasteiger partial charge is 0.481 e. The van der Waals surface area contributed by atoms with Crippen molar-refractivity contribution in [1.82, 2.24) is 0 Å². The van der Waals surface area contributed by atoms with E-state index >= 15 is 0 Å². The predicted octanol–water partition coefficient (Wildman–Crippen LogP) is -2.01. The monoisotopic (exact) mass is 160 g/mol. The lowest BCUT2D eigenvalue weighted by atomic mass is 10.3. The number of carboxylic acid groups (broad SMARTS) is 2. The molecule has 0 saturated carbocycles. The van der Waals surface area contributed by atoms with Crippen LogP contribution in [0.1, 0.15) is 6.42 Å².